The number of likely N-dealkylation sites (N-methyl/N-ethyl adjacent to an activating group) is 1. The van der Waals surface area contributed by atoms with E-state index in [2.05, 4.69) is 187 Å². The fourth-order valence-electron chi connectivity index (χ4n) is 6.83. The molecule has 0 amide bonds. The highest BCUT2D eigenvalue weighted by atomic mass is 15.1. The second-order valence-electron chi connectivity index (χ2n) is 11.8. The van der Waals surface area contributed by atoms with E-state index in [9.17, 15) is 0 Å². The van der Waals surface area contributed by atoms with E-state index in [1.807, 2.05) is 0 Å². The van der Waals surface area contributed by atoms with Gasteiger partial charge < -0.3 is 9.80 Å². The van der Waals surface area contributed by atoms with E-state index in [-0.39, 0.29) is 0 Å². The average Bonchev–Trinajstić information content (AvgIpc) is 3.12. The maximum absolute atomic E-state index is 2.40. The Kier molecular flexibility index (Phi) is 6.88. The Morgan fingerprint density at radius 1 is 0.533 bits per heavy atom. The number of anilines is 4. The quantitative estimate of drug-likeness (QED) is 0.194. The lowest BCUT2D eigenvalue weighted by atomic mass is 9.86. The largest absolute Gasteiger partial charge is 0.344 e. The van der Waals surface area contributed by atoms with E-state index in [4.69, 9.17) is 0 Å². The minimum absolute atomic E-state index is 0.470. The third kappa shape index (κ3) is 4.95. The molecule has 2 nitrogen and oxygen atoms in total. The predicted octanol–water partition coefficient (Wildman–Crippen LogP) is 11.5. The van der Waals surface area contributed by atoms with Crippen molar-refractivity contribution in [3.8, 4) is 11.1 Å². The van der Waals surface area contributed by atoms with Crippen molar-refractivity contribution in [3.63, 3.8) is 0 Å². The highest BCUT2D eigenvalue weighted by molar-refractivity contribution is 6.04. The third-order valence-electron chi connectivity index (χ3n) is 9.18. The molecule has 0 N–H and O–H groups in total. The van der Waals surface area contributed by atoms with E-state index in [1.165, 1.54) is 61.0 Å². The molecule has 0 radical (unpaired) electrons. The van der Waals surface area contributed by atoms with Crippen LogP contribution in [0.15, 0.2) is 181 Å². The molecule has 0 aliphatic heterocycles. The predicted molar refractivity (Wildman–Crippen MR) is 193 cm³/mol. The van der Waals surface area contributed by atoms with Crippen LogP contribution in [0.2, 0.25) is 0 Å². The van der Waals surface area contributed by atoms with Gasteiger partial charge in [-0.15, -0.1) is 0 Å². The van der Waals surface area contributed by atoms with Gasteiger partial charge in [0, 0.05) is 40.8 Å². The number of nitrogens with zero attached hydrogens (tertiary/aromatic N) is 2. The molecule has 2 aliphatic carbocycles. The first-order chi connectivity index (χ1) is 22.2. The van der Waals surface area contributed by atoms with E-state index < -0.39 is 0 Å². The number of fused-ring (bicyclic) bond motifs is 3. The maximum atomic E-state index is 2.40. The molecule has 0 spiro atoms. The Morgan fingerprint density at radius 2 is 1.09 bits per heavy atom. The minimum Gasteiger partial charge on any atom is -0.344 e. The first-order valence-electron chi connectivity index (χ1n) is 15.7. The van der Waals surface area contributed by atoms with Gasteiger partial charge in [0.1, 0.15) is 0 Å². The molecule has 0 bridgehead atoms. The molecular weight excluding hydrogens is 544 g/mol. The van der Waals surface area contributed by atoms with Crippen molar-refractivity contribution in [2.75, 3.05) is 16.8 Å². The maximum Gasteiger partial charge on any atom is 0.0540 e. The van der Waals surface area contributed by atoms with Gasteiger partial charge in [-0.05, 0) is 76.4 Å². The van der Waals surface area contributed by atoms with Crippen LogP contribution in [-0.2, 0) is 0 Å². The van der Waals surface area contributed by atoms with Crippen LogP contribution in [-0.4, -0.2) is 7.05 Å². The molecule has 0 saturated heterocycles. The molecule has 45 heavy (non-hydrogen) atoms. The summed E-state index contributed by atoms with van der Waals surface area (Å²) in [5, 5.41) is 4.92. The van der Waals surface area contributed by atoms with Gasteiger partial charge >= 0.3 is 0 Å². The van der Waals surface area contributed by atoms with Gasteiger partial charge in [0.2, 0.25) is 0 Å². The number of hydrogen-bond acceptors (Lipinski definition) is 2. The molecule has 8 rings (SSSR count). The lowest BCUT2D eigenvalue weighted by Crippen LogP contribution is -2.21. The average molecular weight is 579 g/mol. The summed E-state index contributed by atoms with van der Waals surface area (Å²) in [6.07, 6.45) is 14.5. The summed E-state index contributed by atoms with van der Waals surface area (Å²) in [4.78, 5) is 4.71. The van der Waals surface area contributed by atoms with E-state index in [1.54, 1.807) is 0 Å². The molecule has 2 aliphatic rings. The van der Waals surface area contributed by atoms with Crippen molar-refractivity contribution in [3.05, 3.63) is 181 Å². The molecule has 1 atom stereocenters. The van der Waals surface area contributed by atoms with E-state index in [0.29, 0.717) is 5.92 Å². The van der Waals surface area contributed by atoms with Gasteiger partial charge in [-0.2, -0.15) is 0 Å². The first kappa shape index (κ1) is 27.0. The van der Waals surface area contributed by atoms with Crippen molar-refractivity contribution in [2.45, 2.75) is 6.42 Å². The summed E-state index contributed by atoms with van der Waals surface area (Å²) in [5.41, 5.74) is 9.72. The Labute approximate surface area is 265 Å². The summed E-state index contributed by atoms with van der Waals surface area (Å²) in [5.74, 6) is 0.470. The molecule has 1 unspecified atom stereocenters. The van der Waals surface area contributed by atoms with Crippen LogP contribution in [0.1, 0.15) is 6.42 Å². The van der Waals surface area contributed by atoms with Gasteiger partial charge in [0.15, 0.2) is 0 Å². The van der Waals surface area contributed by atoms with Crippen molar-refractivity contribution >= 4 is 44.3 Å². The Hall–Kier alpha value is -5.60. The zero-order valence-electron chi connectivity index (χ0n) is 25.3. The van der Waals surface area contributed by atoms with Gasteiger partial charge in [-0.1, -0.05) is 127 Å². The molecule has 2 heteroatoms. The van der Waals surface area contributed by atoms with E-state index >= 15 is 0 Å². The first-order valence-corrected chi connectivity index (χ1v) is 15.7. The fraction of sp³-hybridized carbons (Fsp3) is 0.0698. The number of rotatable bonds is 6. The third-order valence-corrected chi connectivity index (χ3v) is 9.18. The van der Waals surface area contributed by atoms with Crippen molar-refractivity contribution in [1.29, 1.82) is 0 Å². The van der Waals surface area contributed by atoms with Crippen LogP contribution < -0.4 is 9.80 Å². The molecule has 0 heterocycles. The molecule has 0 aromatic heterocycles. The van der Waals surface area contributed by atoms with Crippen LogP contribution >= 0.6 is 0 Å². The van der Waals surface area contributed by atoms with Crippen LogP contribution in [0.4, 0.5) is 22.7 Å². The highest BCUT2D eigenvalue weighted by Crippen LogP contribution is 2.42. The summed E-state index contributed by atoms with van der Waals surface area (Å²) in [6.45, 7) is 0. The molecule has 0 saturated carbocycles. The molecule has 0 fully saturated rings. The summed E-state index contributed by atoms with van der Waals surface area (Å²) in [6, 6.07) is 48.4. The second-order valence-corrected chi connectivity index (χ2v) is 11.8. The number of allylic oxidation sites excluding steroid dienone is 7. The normalized spacial score (nSPS) is 15.4. The Balaban J connectivity index is 1.15. The van der Waals surface area contributed by atoms with Crippen molar-refractivity contribution < 1.29 is 0 Å². The Morgan fingerprint density at radius 3 is 1.71 bits per heavy atom. The fourth-order valence-corrected chi connectivity index (χ4v) is 6.83. The molecule has 6 aromatic carbocycles. The monoisotopic (exact) mass is 578 g/mol. The summed E-state index contributed by atoms with van der Waals surface area (Å²) in [7, 11) is 2.17. The number of benzene rings is 6. The minimum atomic E-state index is 0.470. The van der Waals surface area contributed by atoms with Crippen LogP contribution in [0.5, 0.6) is 0 Å². The second kappa shape index (κ2) is 11.5. The highest BCUT2D eigenvalue weighted by Gasteiger charge is 2.21. The zero-order chi connectivity index (χ0) is 30.2. The molecular formula is C43H34N2. The van der Waals surface area contributed by atoms with Gasteiger partial charge in [0.05, 0.1) is 11.4 Å². The lowest BCUT2D eigenvalue weighted by molar-refractivity contribution is 0.760. The summed E-state index contributed by atoms with van der Waals surface area (Å²) < 4.78 is 0. The van der Waals surface area contributed by atoms with Crippen molar-refractivity contribution in [2.24, 2.45) is 5.92 Å². The van der Waals surface area contributed by atoms with Crippen LogP contribution in [0, 0.1) is 5.92 Å². The summed E-state index contributed by atoms with van der Waals surface area (Å²) >= 11 is 0. The number of hydrogen-bond donors (Lipinski definition) is 0. The van der Waals surface area contributed by atoms with Crippen LogP contribution in [0.3, 0.4) is 0 Å². The SMILES string of the molecule is CN(C1=C2C=CC=CC2CC=C1)c1ccc(-c2ccc(N(c3cccc4ccccc34)c3cccc4ccccc34)cc2)cc1. The smallest absolute Gasteiger partial charge is 0.0540 e. The Bertz CT molecular complexity index is 2060. The van der Waals surface area contributed by atoms with E-state index in [0.717, 1.165) is 12.1 Å². The molecule has 216 valence electrons. The van der Waals surface area contributed by atoms with Crippen LogP contribution in [0.25, 0.3) is 32.7 Å². The van der Waals surface area contributed by atoms with Crippen molar-refractivity contribution in [1.82, 2.24) is 0 Å². The molecule has 6 aromatic rings. The van der Waals surface area contributed by atoms with Gasteiger partial charge in [-0.25, -0.2) is 0 Å². The lowest BCUT2D eigenvalue weighted by Gasteiger charge is -2.29. The zero-order valence-corrected chi connectivity index (χ0v) is 25.3. The topological polar surface area (TPSA) is 6.48 Å². The standard InChI is InChI=1S/C43H34N2/c1-44(41-20-8-14-33-11-2-5-17-38(33)41)36-27-23-31(24-28-36)32-25-29-37(30-26-32)45(42-21-9-15-34-12-3-6-18-39(34)42)43-22-10-16-35-13-4-7-19-40(35)43/h2-13,15-30,33H,14H2,1H3. The van der Waals surface area contributed by atoms with Gasteiger partial charge in [-0.3, -0.25) is 0 Å². The van der Waals surface area contributed by atoms with Gasteiger partial charge in [0.25, 0.3) is 0 Å².